The quantitative estimate of drug-likeness (QED) is 0.771. The van der Waals surface area contributed by atoms with Crippen molar-refractivity contribution in [2.24, 2.45) is 0 Å². The van der Waals surface area contributed by atoms with E-state index in [4.69, 9.17) is 0 Å². The van der Waals surface area contributed by atoms with E-state index in [0.717, 1.165) is 40.6 Å². The van der Waals surface area contributed by atoms with Gasteiger partial charge in [-0.25, -0.2) is 4.98 Å². The van der Waals surface area contributed by atoms with E-state index in [1.807, 2.05) is 6.92 Å². The Labute approximate surface area is 154 Å². The Morgan fingerprint density at radius 3 is 2.84 bits per heavy atom. The summed E-state index contributed by atoms with van der Waals surface area (Å²) in [5.41, 5.74) is 5.84. The minimum Gasteiger partial charge on any atom is -0.354 e. The van der Waals surface area contributed by atoms with Gasteiger partial charge in [0.1, 0.15) is 6.54 Å². The molecular formula is C20H27N3OS. The molecular weight excluding hydrogens is 330 g/mol. The number of nitrogens with one attached hydrogen (secondary N) is 1. The first-order chi connectivity index (χ1) is 12.0. The Hall–Kier alpha value is -1.88. The lowest BCUT2D eigenvalue weighted by atomic mass is 9.97. The highest BCUT2D eigenvalue weighted by Crippen LogP contribution is 2.28. The Bertz CT molecular complexity index is 785. The Kier molecular flexibility index (Phi) is 5.74. The van der Waals surface area contributed by atoms with E-state index in [0.29, 0.717) is 6.54 Å². The lowest BCUT2D eigenvalue weighted by Gasteiger charge is -2.14. The second-order valence-corrected chi connectivity index (χ2v) is 7.89. The molecule has 0 fully saturated rings. The number of aromatic nitrogens is 2. The second-order valence-electron chi connectivity index (χ2n) is 6.83. The number of thiazole rings is 1. The highest BCUT2D eigenvalue weighted by Gasteiger charge is 2.15. The smallest absolute Gasteiger partial charge is 0.239 e. The predicted octanol–water partition coefficient (Wildman–Crippen LogP) is 4.54. The van der Waals surface area contributed by atoms with Crippen LogP contribution in [0.5, 0.6) is 0 Å². The van der Waals surface area contributed by atoms with Gasteiger partial charge in [-0.05, 0) is 58.9 Å². The summed E-state index contributed by atoms with van der Waals surface area (Å²) in [6.45, 7) is 7.25. The maximum Gasteiger partial charge on any atom is 0.239 e. The summed E-state index contributed by atoms with van der Waals surface area (Å²) in [7, 11) is 0. The first kappa shape index (κ1) is 17.9. The highest BCUT2D eigenvalue weighted by molar-refractivity contribution is 7.09. The van der Waals surface area contributed by atoms with Crippen LogP contribution in [0.2, 0.25) is 0 Å². The third-order valence-corrected chi connectivity index (χ3v) is 5.70. The second kappa shape index (κ2) is 8.00. The zero-order valence-electron chi connectivity index (χ0n) is 15.4. The van der Waals surface area contributed by atoms with Crippen molar-refractivity contribution in [2.75, 3.05) is 6.54 Å². The molecule has 2 aromatic heterocycles. The molecule has 1 aliphatic rings. The molecule has 0 aromatic carbocycles. The summed E-state index contributed by atoms with van der Waals surface area (Å²) >= 11 is 1.66. The lowest BCUT2D eigenvalue weighted by Crippen LogP contribution is -2.29. The van der Waals surface area contributed by atoms with Crippen molar-refractivity contribution in [3.8, 4) is 11.3 Å². The molecule has 0 spiro atoms. The molecule has 3 rings (SSSR count). The number of aryl methyl sites for hydroxylation is 2. The van der Waals surface area contributed by atoms with Gasteiger partial charge in [0.2, 0.25) is 5.91 Å². The molecule has 0 saturated carbocycles. The minimum atomic E-state index is 0.0826. The molecule has 2 aromatic rings. The number of hydrogen-bond donors (Lipinski definition) is 1. The van der Waals surface area contributed by atoms with Crippen molar-refractivity contribution in [2.45, 2.75) is 59.4 Å². The van der Waals surface area contributed by atoms with Gasteiger partial charge in [0.15, 0.2) is 0 Å². The maximum atomic E-state index is 12.3. The number of carbonyl (C=O) groups is 1. The molecule has 0 radical (unpaired) electrons. The summed E-state index contributed by atoms with van der Waals surface area (Å²) in [6, 6.07) is 2.13. The van der Waals surface area contributed by atoms with Gasteiger partial charge in [-0.2, -0.15) is 0 Å². The largest absolute Gasteiger partial charge is 0.354 e. The van der Waals surface area contributed by atoms with E-state index >= 15 is 0 Å². The fourth-order valence-corrected chi connectivity index (χ4v) is 4.10. The Balaban J connectivity index is 1.59. The molecule has 5 heteroatoms. The van der Waals surface area contributed by atoms with Crippen LogP contribution in [0.15, 0.2) is 23.1 Å². The molecule has 134 valence electrons. The molecule has 0 aliphatic heterocycles. The van der Waals surface area contributed by atoms with Gasteiger partial charge in [-0.3, -0.25) is 4.79 Å². The fourth-order valence-electron chi connectivity index (χ4n) is 3.48. The van der Waals surface area contributed by atoms with E-state index in [-0.39, 0.29) is 5.91 Å². The molecule has 0 atom stereocenters. The topological polar surface area (TPSA) is 46.9 Å². The van der Waals surface area contributed by atoms with Crippen LogP contribution in [0.1, 0.15) is 48.5 Å². The van der Waals surface area contributed by atoms with Crippen LogP contribution in [0.4, 0.5) is 0 Å². The van der Waals surface area contributed by atoms with E-state index in [2.05, 4.69) is 46.2 Å². The Morgan fingerprint density at radius 2 is 2.16 bits per heavy atom. The van der Waals surface area contributed by atoms with Gasteiger partial charge in [0.25, 0.3) is 0 Å². The molecule has 4 nitrogen and oxygen atoms in total. The number of hydrogen-bond acceptors (Lipinski definition) is 3. The average molecular weight is 358 g/mol. The zero-order valence-corrected chi connectivity index (χ0v) is 16.2. The van der Waals surface area contributed by atoms with E-state index in [9.17, 15) is 4.79 Å². The SMILES string of the molecule is Cc1nc(-c2cc(C)n(CC(=O)NCCC3=CCCCC3)c2C)cs1. The maximum absolute atomic E-state index is 12.3. The number of rotatable bonds is 6. The molecule has 0 unspecified atom stereocenters. The van der Waals surface area contributed by atoms with Crippen molar-refractivity contribution in [3.05, 3.63) is 39.5 Å². The summed E-state index contributed by atoms with van der Waals surface area (Å²) in [5.74, 6) is 0.0826. The van der Waals surface area contributed by atoms with Crippen LogP contribution in [-0.4, -0.2) is 22.0 Å². The molecule has 2 heterocycles. The number of carbonyl (C=O) groups excluding carboxylic acids is 1. The van der Waals surface area contributed by atoms with Crippen molar-refractivity contribution in [1.29, 1.82) is 0 Å². The van der Waals surface area contributed by atoms with Crippen molar-refractivity contribution in [3.63, 3.8) is 0 Å². The van der Waals surface area contributed by atoms with Gasteiger partial charge < -0.3 is 9.88 Å². The lowest BCUT2D eigenvalue weighted by molar-refractivity contribution is -0.121. The highest BCUT2D eigenvalue weighted by atomic mass is 32.1. The monoisotopic (exact) mass is 357 g/mol. The molecule has 25 heavy (non-hydrogen) atoms. The molecule has 0 saturated heterocycles. The molecule has 1 N–H and O–H groups in total. The van der Waals surface area contributed by atoms with E-state index in [1.54, 1.807) is 11.3 Å². The van der Waals surface area contributed by atoms with Gasteiger partial charge in [-0.1, -0.05) is 11.6 Å². The number of nitrogens with zero attached hydrogens (tertiary/aromatic N) is 2. The van der Waals surface area contributed by atoms with Crippen LogP contribution in [0, 0.1) is 20.8 Å². The van der Waals surface area contributed by atoms with E-state index in [1.165, 1.54) is 31.3 Å². The van der Waals surface area contributed by atoms with E-state index < -0.39 is 0 Å². The predicted molar refractivity (Wildman–Crippen MR) is 104 cm³/mol. The summed E-state index contributed by atoms with van der Waals surface area (Å²) in [4.78, 5) is 16.9. The van der Waals surface area contributed by atoms with Crippen LogP contribution >= 0.6 is 11.3 Å². The molecule has 1 amide bonds. The first-order valence-corrected chi connectivity index (χ1v) is 9.96. The van der Waals surface area contributed by atoms with Gasteiger partial charge >= 0.3 is 0 Å². The van der Waals surface area contributed by atoms with Crippen molar-refractivity contribution < 1.29 is 4.79 Å². The number of amides is 1. The van der Waals surface area contributed by atoms with Gasteiger partial charge in [-0.15, -0.1) is 11.3 Å². The van der Waals surface area contributed by atoms with Crippen LogP contribution in [0.25, 0.3) is 11.3 Å². The van der Waals surface area contributed by atoms with Gasteiger partial charge in [0.05, 0.1) is 10.7 Å². The molecule has 0 bridgehead atoms. The average Bonchev–Trinajstić information content (AvgIpc) is 3.14. The Morgan fingerprint density at radius 1 is 1.32 bits per heavy atom. The standard InChI is InChI=1S/C20H27N3OS/c1-14-11-18(19-13-25-16(3)22-19)15(2)23(14)12-20(24)21-10-9-17-7-5-4-6-8-17/h7,11,13H,4-6,8-10,12H2,1-3H3,(H,21,24). The first-order valence-electron chi connectivity index (χ1n) is 9.08. The van der Waals surface area contributed by atoms with Crippen LogP contribution in [-0.2, 0) is 11.3 Å². The summed E-state index contributed by atoms with van der Waals surface area (Å²) in [6.07, 6.45) is 8.33. The van der Waals surface area contributed by atoms with Crippen molar-refractivity contribution in [1.82, 2.24) is 14.9 Å². The zero-order chi connectivity index (χ0) is 17.8. The normalized spacial score (nSPS) is 14.4. The van der Waals surface area contributed by atoms with Crippen molar-refractivity contribution >= 4 is 17.2 Å². The summed E-state index contributed by atoms with van der Waals surface area (Å²) in [5, 5.41) is 6.22. The minimum absolute atomic E-state index is 0.0826. The summed E-state index contributed by atoms with van der Waals surface area (Å²) < 4.78 is 2.08. The van der Waals surface area contributed by atoms with Gasteiger partial charge in [0, 0.05) is 28.9 Å². The fraction of sp³-hybridized carbons (Fsp3) is 0.500. The van der Waals surface area contributed by atoms with Crippen LogP contribution < -0.4 is 5.32 Å². The number of allylic oxidation sites excluding steroid dienone is 1. The molecule has 1 aliphatic carbocycles. The van der Waals surface area contributed by atoms with Crippen LogP contribution in [0.3, 0.4) is 0 Å². The third kappa shape index (κ3) is 4.40. The third-order valence-electron chi connectivity index (χ3n) is 4.92.